The average Bonchev–Trinajstić information content (AvgIpc) is 2.97. The monoisotopic (exact) mass is 369 g/mol. The van der Waals surface area contributed by atoms with Crippen molar-refractivity contribution >= 4 is 11.7 Å². The summed E-state index contributed by atoms with van der Waals surface area (Å²) in [5, 5.41) is 0. The zero-order chi connectivity index (χ0) is 19.3. The largest absolute Gasteiger partial charge is 0.497 e. The second-order valence-electron chi connectivity index (χ2n) is 6.82. The smallest absolute Gasteiger partial charge is 0.316 e. The summed E-state index contributed by atoms with van der Waals surface area (Å²) >= 11 is 0. The molecule has 0 radical (unpaired) electrons. The van der Waals surface area contributed by atoms with Crippen molar-refractivity contribution in [1.82, 2.24) is 0 Å². The standard InChI is InChI=1S/C22H27NO4/c1-25-18-9-6-8-17(16-18)22(21(24)27-3)12-7-14-23(15-13-22)19-10-4-5-11-20(19)26-2/h4-6,8-11,16H,7,12-15H2,1-3H3. The molecule has 1 saturated heterocycles. The van der Waals surface area contributed by atoms with E-state index in [4.69, 9.17) is 14.2 Å². The van der Waals surface area contributed by atoms with Crippen LogP contribution in [0.5, 0.6) is 11.5 Å². The van der Waals surface area contributed by atoms with Crippen molar-refractivity contribution in [1.29, 1.82) is 0 Å². The third-order valence-corrected chi connectivity index (χ3v) is 5.46. The van der Waals surface area contributed by atoms with E-state index < -0.39 is 5.41 Å². The van der Waals surface area contributed by atoms with Crippen LogP contribution in [-0.4, -0.2) is 40.4 Å². The van der Waals surface area contributed by atoms with Gasteiger partial charge in [-0.25, -0.2) is 0 Å². The molecule has 1 aliphatic heterocycles. The Morgan fingerprint density at radius 3 is 2.52 bits per heavy atom. The Morgan fingerprint density at radius 1 is 0.963 bits per heavy atom. The van der Waals surface area contributed by atoms with E-state index in [0.717, 1.165) is 48.7 Å². The van der Waals surface area contributed by atoms with E-state index in [1.54, 1.807) is 14.2 Å². The van der Waals surface area contributed by atoms with Crippen molar-refractivity contribution < 1.29 is 19.0 Å². The molecule has 0 amide bonds. The van der Waals surface area contributed by atoms with Gasteiger partial charge in [-0.05, 0) is 49.1 Å². The van der Waals surface area contributed by atoms with Crippen LogP contribution in [0.3, 0.4) is 0 Å². The highest BCUT2D eigenvalue weighted by atomic mass is 16.5. The minimum atomic E-state index is -0.667. The van der Waals surface area contributed by atoms with Gasteiger partial charge in [0.1, 0.15) is 11.5 Å². The number of anilines is 1. The normalized spacial score (nSPS) is 19.9. The maximum atomic E-state index is 12.9. The predicted octanol–water partition coefficient (Wildman–Crippen LogP) is 3.81. The summed E-state index contributed by atoms with van der Waals surface area (Å²) in [6, 6.07) is 15.8. The Balaban J connectivity index is 1.94. The second-order valence-corrected chi connectivity index (χ2v) is 6.82. The number of carbonyl (C=O) groups excluding carboxylic acids is 1. The molecule has 2 aromatic rings. The molecule has 0 bridgehead atoms. The van der Waals surface area contributed by atoms with Gasteiger partial charge in [0.2, 0.25) is 0 Å². The zero-order valence-electron chi connectivity index (χ0n) is 16.2. The minimum Gasteiger partial charge on any atom is -0.497 e. The van der Waals surface area contributed by atoms with Gasteiger partial charge in [-0.3, -0.25) is 4.79 Å². The number of benzene rings is 2. The highest BCUT2D eigenvalue weighted by molar-refractivity contribution is 5.83. The summed E-state index contributed by atoms with van der Waals surface area (Å²) in [7, 11) is 4.79. The maximum absolute atomic E-state index is 12.9. The molecule has 27 heavy (non-hydrogen) atoms. The Kier molecular flexibility index (Phi) is 5.89. The van der Waals surface area contributed by atoms with Crippen LogP contribution in [0, 0.1) is 0 Å². The van der Waals surface area contributed by atoms with Crippen LogP contribution < -0.4 is 14.4 Å². The van der Waals surface area contributed by atoms with Crippen LogP contribution in [0.4, 0.5) is 5.69 Å². The van der Waals surface area contributed by atoms with E-state index in [0.29, 0.717) is 6.42 Å². The van der Waals surface area contributed by atoms with Crippen molar-refractivity contribution in [2.24, 2.45) is 0 Å². The topological polar surface area (TPSA) is 48.0 Å². The Labute approximate surface area is 160 Å². The number of rotatable bonds is 5. The molecule has 144 valence electrons. The van der Waals surface area contributed by atoms with Crippen molar-refractivity contribution in [2.75, 3.05) is 39.3 Å². The molecule has 0 spiro atoms. The maximum Gasteiger partial charge on any atom is 0.316 e. The summed E-state index contributed by atoms with van der Waals surface area (Å²) in [6.45, 7) is 1.61. The van der Waals surface area contributed by atoms with Gasteiger partial charge in [0.05, 0.1) is 32.4 Å². The molecule has 1 unspecified atom stereocenters. The fourth-order valence-electron chi connectivity index (χ4n) is 3.99. The van der Waals surface area contributed by atoms with Crippen LogP contribution in [0.2, 0.25) is 0 Å². The van der Waals surface area contributed by atoms with E-state index in [2.05, 4.69) is 11.0 Å². The van der Waals surface area contributed by atoms with Crippen LogP contribution in [-0.2, 0) is 14.9 Å². The number of ether oxygens (including phenoxy) is 3. The third kappa shape index (κ3) is 3.72. The predicted molar refractivity (Wildman–Crippen MR) is 106 cm³/mol. The molecule has 3 rings (SSSR count). The van der Waals surface area contributed by atoms with Crippen molar-refractivity contribution in [3.8, 4) is 11.5 Å². The molecule has 1 atom stereocenters. The fraction of sp³-hybridized carbons (Fsp3) is 0.409. The number of hydrogen-bond donors (Lipinski definition) is 0. The first kappa shape index (κ1) is 19.1. The summed E-state index contributed by atoms with van der Waals surface area (Å²) in [4.78, 5) is 15.2. The van der Waals surface area contributed by atoms with Crippen LogP contribution in [0.15, 0.2) is 48.5 Å². The number of carbonyl (C=O) groups is 1. The second kappa shape index (κ2) is 8.33. The van der Waals surface area contributed by atoms with Crippen molar-refractivity contribution in [3.63, 3.8) is 0 Å². The third-order valence-electron chi connectivity index (χ3n) is 5.46. The van der Waals surface area contributed by atoms with Gasteiger partial charge >= 0.3 is 5.97 Å². The highest BCUT2D eigenvalue weighted by Crippen LogP contribution is 2.40. The van der Waals surface area contributed by atoms with Crippen LogP contribution in [0.25, 0.3) is 0 Å². The molecular formula is C22H27NO4. The molecule has 1 aliphatic rings. The molecule has 1 heterocycles. The average molecular weight is 369 g/mol. The minimum absolute atomic E-state index is 0.183. The van der Waals surface area contributed by atoms with Crippen LogP contribution in [0.1, 0.15) is 24.8 Å². The van der Waals surface area contributed by atoms with E-state index >= 15 is 0 Å². The lowest BCUT2D eigenvalue weighted by Gasteiger charge is -2.31. The van der Waals surface area contributed by atoms with Crippen molar-refractivity contribution in [3.05, 3.63) is 54.1 Å². The lowest BCUT2D eigenvalue weighted by molar-refractivity contribution is -0.148. The van der Waals surface area contributed by atoms with Gasteiger partial charge in [-0.15, -0.1) is 0 Å². The number of nitrogens with zero attached hydrogens (tertiary/aromatic N) is 1. The number of methoxy groups -OCH3 is 3. The molecule has 5 heteroatoms. The summed E-state index contributed by atoms with van der Waals surface area (Å²) in [5.41, 5.74) is 1.35. The first-order valence-corrected chi connectivity index (χ1v) is 9.25. The van der Waals surface area contributed by atoms with Gasteiger partial charge < -0.3 is 19.1 Å². The number of para-hydroxylation sites is 2. The lowest BCUT2D eigenvalue weighted by Crippen LogP contribution is -2.38. The lowest BCUT2D eigenvalue weighted by atomic mass is 9.74. The molecule has 0 N–H and O–H groups in total. The van der Waals surface area contributed by atoms with Gasteiger partial charge in [-0.2, -0.15) is 0 Å². The summed E-state index contributed by atoms with van der Waals surface area (Å²) in [6.07, 6.45) is 2.29. The van der Waals surface area contributed by atoms with E-state index in [9.17, 15) is 4.79 Å². The quantitative estimate of drug-likeness (QED) is 0.750. The molecule has 2 aromatic carbocycles. The molecule has 0 saturated carbocycles. The van der Waals surface area contributed by atoms with E-state index in [1.165, 1.54) is 7.11 Å². The molecule has 0 aliphatic carbocycles. The van der Waals surface area contributed by atoms with Gasteiger partial charge in [0.15, 0.2) is 0 Å². The molecule has 1 fully saturated rings. The van der Waals surface area contributed by atoms with Gasteiger partial charge in [0.25, 0.3) is 0 Å². The summed E-state index contributed by atoms with van der Waals surface area (Å²) in [5.74, 6) is 1.42. The van der Waals surface area contributed by atoms with E-state index in [-0.39, 0.29) is 5.97 Å². The van der Waals surface area contributed by atoms with Crippen LogP contribution >= 0.6 is 0 Å². The number of esters is 1. The first-order chi connectivity index (χ1) is 13.1. The Hall–Kier alpha value is -2.69. The van der Waals surface area contributed by atoms with Crippen molar-refractivity contribution in [2.45, 2.75) is 24.7 Å². The Morgan fingerprint density at radius 2 is 1.78 bits per heavy atom. The SMILES string of the molecule is COC(=O)C1(c2cccc(OC)c2)CCCN(c2ccccc2OC)CC1. The van der Waals surface area contributed by atoms with E-state index in [1.807, 2.05) is 42.5 Å². The number of hydrogen-bond acceptors (Lipinski definition) is 5. The van der Waals surface area contributed by atoms with Gasteiger partial charge in [-0.1, -0.05) is 24.3 Å². The fourth-order valence-corrected chi connectivity index (χ4v) is 3.99. The molecule has 5 nitrogen and oxygen atoms in total. The first-order valence-electron chi connectivity index (χ1n) is 9.25. The highest BCUT2D eigenvalue weighted by Gasteiger charge is 2.43. The molecule has 0 aromatic heterocycles. The molecular weight excluding hydrogens is 342 g/mol. The summed E-state index contributed by atoms with van der Waals surface area (Å²) < 4.78 is 16.1. The van der Waals surface area contributed by atoms with Gasteiger partial charge in [0, 0.05) is 13.1 Å². The Bertz CT molecular complexity index is 791. The zero-order valence-corrected chi connectivity index (χ0v) is 16.2.